The van der Waals surface area contributed by atoms with Crippen LogP contribution < -0.4 is 10.5 Å². The monoisotopic (exact) mass is 350 g/mol. The summed E-state index contributed by atoms with van der Waals surface area (Å²) in [7, 11) is -3.71. The van der Waals surface area contributed by atoms with Gasteiger partial charge in [-0.1, -0.05) is 50.9 Å². The molecule has 1 aromatic rings. The lowest BCUT2D eigenvalue weighted by atomic mass is 9.49. The second kappa shape index (κ2) is 5.10. The van der Waals surface area contributed by atoms with Crippen LogP contribution in [-0.2, 0) is 10.0 Å². The zero-order valence-corrected chi connectivity index (χ0v) is 14.8. The van der Waals surface area contributed by atoms with Crippen LogP contribution in [0, 0.1) is 10.8 Å². The topological polar surface area (TPSA) is 72.2 Å². The summed E-state index contributed by atoms with van der Waals surface area (Å²) in [5, 5.41) is 0.568. The van der Waals surface area contributed by atoms with Gasteiger partial charge in [-0.25, -0.2) is 13.1 Å². The summed E-state index contributed by atoms with van der Waals surface area (Å²) in [5.74, 6) is 0. The lowest BCUT2D eigenvalue weighted by Crippen LogP contribution is -2.75. The number of nitrogens with one attached hydrogen (secondary N) is 1. The van der Waals surface area contributed by atoms with Gasteiger partial charge in [-0.3, -0.25) is 0 Å². The average molecular weight is 351 g/mol. The summed E-state index contributed by atoms with van der Waals surface area (Å²) in [6.07, 6.45) is 0. The maximum atomic E-state index is 12.6. The standard InChI is InChI=1S/C14H20Cl2N2O2S/c1-13(2)11(17)14(3,4)12(13)18-21(19,20)10-6-8(15)5-9(16)7-10/h5-7,11-12,18H,17H2,1-4H3. The fourth-order valence-electron chi connectivity index (χ4n) is 3.39. The van der Waals surface area contributed by atoms with Crippen molar-refractivity contribution in [1.82, 2.24) is 4.72 Å². The first-order valence-electron chi connectivity index (χ1n) is 6.63. The Balaban J connectivity index is 2.34. The molecule has 0 aromatic heterocycles. The van der Waals surface area contributed by atoms with Crippen molar-refractivity contribution in [3.63, 3.8) is 0 Å². The van der Waals surface area contributed by atoms with Gasteiger partial charge in [0.1, 0.15) is 0 Å². The molecule has 1 aliphatic rings. The fourth-order valence-corrected chi connectivity index (χ4v) is 5.66. The normalized spacial score (nSPS) is 27.2. The molecule has 1 aliphatic carbocycles. The number of sulfonamides is 1. The number of halogens is 2. The number of nitrogens with two attached hydrogens (primary N) is 1. The van der Waals surface area contributed by atoms with Gasteiger partial charge in [0.25, 0.3) is 0 Å². The van der Waals surface area contributed by atoms with Crippen molar-refractivity contribution in [1.29, 1.82) is 0 Å². The van der Waals surface area contributed by atoms with Crippen LogP contribution in [0.2, 0.25) is 10.0 Å². The first-order valence-corrected chi connectivity index (χ1v) is 8.87. The summed E-state index contributed by atoms with van der Waals surface area (Å²) >= 11 is 11.8. The molecular formula is C14H20Cl2N2O2S. The minimum Gasteiger partial charge on any atom is -0.327 e. The largest absolute Gasteiger partial charge is 0.327 e. The van der Waals surface area contributed by atoms with Gasteiger partial charge in [0, 0.05) is 22.1 Å². The fraction of sp³-hybridized carbons (Fsp3) is 0.571. The van der Waals surface area contributed by atoms with E-state index in [4.69, 9.17) is 28.9 Å². The smallest absolute Gasteiger partial charge is 0.240 e. The van der Waals surface area contributed by atoms with Crippen molar-refractivity contribution in [2.45, 2.75) is 44.7 Å². The van der Waals surface area contributed by atoms with E-state index in [1.165, 1.54) is 18.2 Å². The first-order chi connectivity index (χ1) is 9.39. The Morgan fingerprint density at radius 1 is 1.05 bits per heavy atom. The SMILES string of the molecule is CC1(C)C(N)C(C)(C)C1NS(=O)(=O)c1cc(Cl)cc(Cl)c1. The molecule has 3 N–H and O–H groups in total. The Hall–Kier alpha value is -0.330. The third-order valence-electron chi connectivity index (χ3n) is 4.51. The Kier molecular flexibility index (Phi) is 4.14. The highest BCUT2D eigenvalue weighted by Crippen LogP contribution is 2.53. The number of hydrogen-bond acceptors (Lipinski definition) is 3. The zero-order chi connectivity index (χ0) is 16.2. The van der Waals surface area contributed by atoms with Crippen molar-refractivity contribution in [2.75, 3.05) is 0 Å². The highest BCUT2D eigenvalue weighted by Gasteiger charge is 2.61. The van der Waals surface area contributed by atoms with Crippen molar-refractivity contribution >= 4 is 33.2 Å². The zero-order valence-electron chi connectivity index (χ0n) is 12.4. The highest BCUT2D eigenvalue weighted by molar-refractivity contribution is 7.89. The molecule has 7 heteroatoms. The third-order valence-corrected chi connectivity index (χ3v) is 6.35. The number of rotatable bonds is 3. The van der Waals surface area contributed by atoms with Crippen LogP contribution in [0.3, 0.4) is 0 Å². The number of hydrogen-bond donors (Lipinski definition) is 2. The Bertz CT molecular complexity index is 635. The van der Waals surface area contributed by atoms with Crippen molar-refractivity contribution in [2.24, 2.45) is 16.6 Å². The molecular weight excluding hydrogens is 331 g/mol. The minimum absolute atomic E-state index is 0.0621. The Morgan fingerprint density at radius 2 is 1.48 bits per heavy atom. The summed E-state index contributed by atoms with van der Waals surface area (Å²) in [4.78, 5) is 0.0621. The molecule has 0 aliphatic heterocycles. The van der Waals surface area contributed by atoms with Gasteiger partial charge >= 0.3 is 0 Å². The molecule has 1 fully saturated rings. The van der Waals surface area contributed by atoms with Crippen LogP contribution in [0.4, 0.5) is 0 Å². The summed E-state index contributed by atoms with van der Waals surface area (Å²) in [6, 6.07) is 3.92. The van der Waals surface area contributed by atoms with Crippen molar-refractivity contribution in [3.05, 3.63) is 28.2 Å². The van der Waals surface area contributed by atoms with Gasteiger partial charge in [-0.2, -0.15) is 0 Å². The van der Waals surface area contributed by atoms with E-state index < -0.39 is 10.0 Å². The van der Waals surface area contributed by atoms with E-state index in [1.54, 1.807) is 0 Å². The molecule has 0 amide bonds. The van der Waals surface area contributed by atoms with E-state index in [0.717, 1.165) is 0 Å². The van der Waals surface area contributed by atoms with E-state index in [-0.39, 0.29) is 37.9 Å². The second-order valence-corrected chi connectivity index (χ2v) is 9.37. The highest BCUT2D eigenvalue weighted by atomic mass is 35.5. The maximum Gasteiger partial charge on any atom is 0.240 e. The molecule has 0 unspecified atom stereocenters. The van der Waals surface area contributed by atoms with Gasteiger partial charge in [0.05, 0.1) is 4.90 Å². The summed E-state index contributed by atoms with van der Waals surface area (Å²) < 4.78 is 27.9. The van der Waals surface area contributed by atoms with Crippen molar-refractivity contribution < 1.29 is 8.42 Å². The van der Waals surface area contributed by atoms with Crippen LogP contribution in [0.15, 0.2) is 23.1 Å². The molecule has 1 aromatic carbocycles. The predicted molar refractivity (Wildman–Crippen MR) is 86.1 cm³/mol. The average Bonchev–Trinajstić information content (AvgIpc) is 2.33. The minimum atomic E-state index is -3.71. The number of benzene rings is 1. The van der Waals surface area contributed by atoms with E-state index >= 15 is 0 Å². The van der Waals surface area contributed by atoms with Gasteiger partial charge in [0.15, 0.2) is 0 Å². The lowest BCUT2D eigenvalue weighted by Gasteiger charge is -2.62. The van der Waals surface area contributed by atoms with E-state index in [0.29, 0.717) is 0 Å². The second-order valence-electron chi connectivity index (χ2n) is 6.78. The molecule has 4 nitrogen and oxygen atoms in total. The molecule has 21 heavy (non-hydrogen) atoms. The van der Waals surface area contributed by atoms with E-state index in [9.17, 15) is 8.42 Å². The molecule has 0 heterocycles. The first kappa shape index (κ1) is 17.0. The van der Waals surface area contributed by atoms with Crippen LogP contribution in [0.1, 0.15) is 27.7 Å². The summed E-state index contributed by atoms with van der Waals surface area (Å²) in [5.41, 5.74) is 5.51. The van der Waals surface area contributed by atoms with Gasteiger partial charge in [-0.05, 0) is 29.0 Å². The molecule has 0 atom stereocenters. The van der Waals surface area contributed by atoms with Gasteiger partial charge in [-0.15, -0.1) is 0 Å². The maximum absolute atomic E-state index is 12.6. The summed E-state index contributed by atoms with van der Waals surface area (Å²) in [6.45, 7) is 7.84. The molecule has 2 rings (SSSR count). The molecule has 0 radical (unpaired) electrons. The Labute approximate surface area is 136 Å². The quantitative estimate of drug-likeness (QED) is 0.879. The van der Waals surface area contributed by atoms with E-state index in [2.05, 4.69) is 4.72 Å². The molecule has 0 saturated heterocycles. The van der Waals surface area contributed by atoms with E-state index in [1.807, 2.05) is 27.7 Å². The third kappa shape index (κ3) is 2.82. The van der Waals surface area contributed by atoms with Gasteiger partial charge < -0.3 is 5.73 Å². The van der Waals surface area contributed by atoms with Gasteiger partial charge in [0.2, 0.25) is 10.0 Å². The van der Waals surface area contributed by atoms with Crippen LogP contribution in [0.5, 0.6) is 0 Å². The molecule has 0 bridgehead atoms. The molecule has 0 spiro atoms. The van der Waals surface area contributed by atoms with Crippen LogP contribution in [0.25, 0.3) is 0 Å². The Morgan fingerprint density at radius 3 is 1.90 bits per heavy atom. The van der Waals surface area contributed by atoms with Crippen LogP contribution >= 0.6 is 23.2 Å². The van der Waals surface area contributed by atoms with Crippen molar-refractivity contribution in [3.8, 4) is 0 Å². The molecule has 118 valence electrons. The predicted octanol–water partition coefficient (Wildman–Crippen LogP) is 3.03. The van der Waals surface area contributed by atoms with Crippen LogP contribution in [-0.4, -0.2) is 20.5 Å². The molecule has 1 saturated carbocycles. The lowest BCUT2D eigenvalue weighted by molar-refractivity contribution is -0.0593.